The van der Waals surface area contributed by atoms with Crippen molar-refractivity contribution in [1.29, 1.82) is 0 Å². The highest BCUT2D eigenvalue weighted by molar-refractivity contribution is 7.54. The van der Waals surface area contributed by atoms with Crippen molar-refractivity contribution in [3.05, 3.63) is 59.7 Å². The molecule has 0 saturated heterocycles. The van der Waals surface area contributed by atoms with Crippen LogP contribution < -0.4 is 10.2 Å². The minimum Gasteiger partial charge on any atom is -0.378 e. The monoisotopic (exact) mass is 404 g/mol. The van der Waals surface area contributed by atoms with Crippen molar-refractivity contribution in [3.63, 3.8) is 0 Å². The minimum absolute atomic E-state index is 0.229. The first-order valence-corrected chi connectivity index (χ1v) is 11.3. The number of nitrogens with one attached hydrogen (secondary N) is 1. The molecule has 0 aliphatic rings. The van der Waals surface area contributed by atoms with Crippen LogP contribution in [0.25, 0.3) is 0 Å². The predicted molar refractivity (Wildman–Crippen MR) is 118 cm³/mol. The van der Waals surface area contributed by atoms with Gasteiger partial charge in [0.05, 0.1) is 12.2 Å². The zero-order valence-corrected chi connectivity index (χ0v) is 18.9. The largest absolute Gasteiger partial charge is 0.378 e. The van der Waals surface area contributed by atoms with Crippen LogP contribution in [0, 0.1) is 6.92 Å². The molecule has 0 radical (unpaired) electrons. The number of aryl methyl sites for hydroxylation is 1. The van der Waals surface area contributed by atoms with Crippen molar-refractivity contribution in [2.45, 2.75) is 52.6 Å². The maximum absolute atomic E-state index is 13.9. The number of benzene rings is 2. The second kappa shape index (κ2) is 9.60. The molecule has 2 rings (SSSR count). The van der Waals surface area contributed by atoms with E-state index in [9.17, 15) is 4.57 Å². The molecule has 154 valence electrons. The first-order chi connectivity index (χ1) is 13.1. The number of anilines is 2. The highest BCUT2D eigenvalue weighted by atomic mass is 31.2. The molecular weight excluding hydrogens is 371 g/mol. The molecular formula is C22H33N2O3P. The molecule has 28 heavy (non-hydrogen) atoms. The second-order valence-corrected chi connectivity index (χ2v) is 9.76. The number of rotatable bonds is 9. The maximum Gasteiger partial charge on any atom is 0.357 e. The molecule has 5 nitrogen and oxygen atoms in total. The quantitative estimate of drug-likeness (QED) is 0.503. The van der Waals surface area contributed by atoms with E-state index in [4.69, 9.17) is 9.05 Å². The Hall–Kier alpha value is -1.81. The average molecular weight is 404 g/mol. The van der Waals surface area contributed by atoms with Crippen LogP contribution in [-0.4, -0.2) is 26.3 Å². The summed E-state index contributed by atoms with van der Waals surface area (Å²) in [5.41, 5.74) is 3.96. The van der Waals surface area contributed by atoms with Gasteiger partial charge >= 0.3 is 7.60 Å². The van der Waals surface area contributed by atoms with E-state index in [0.29, 0.717) is 0 Å². The van der Waals surface area contributed by atoms with Crippen LogP contribution in [-0.2, 0) is 13.6 Å². The topological polar surface area (TPSA) is 50.8 Å². The van der Waals surface area contributed by atoms with E-state index in [-0.39, 0.29) is 12.2 Å². The normalized spacial score (nSPS) is 13.0. The number of hydrogen-bond acceptors (Lipinski definition) is 5. The summed E-state index contributed by atoms with van der Waals surface area (Å²) in [5, 5.41) is 3.40. The fourth-order valence-electron chi connectivity index (χ4n) is 2.84. The Bertz CT molecular complexity index is 772. The standard InChI is InChI=1S/C22H33N2O3P/c1-16(2)26-28(25,27-17(3)4)22(23-20-12-8-18(5)9-13-20)19-10-14-21(15-11-19)24(6)7/h8-17,22-23H,1-7H3. The first kappa shape index (κ1) is 22.5. The summed E-state index contributed by atoms with van der Waals surface area (Å²) >= 11 is 0. The van der Waals surface area contributed by atoms with Crippen LogP contribution in [0.2, 0.25) is 0 Å². The summed E-state index contributed by atoms with van der Waals surface area (Å²) in [6.07, 6.45) is -0.458. The van der Waals surface area contributed by atoms with Gasteiger partial charge in [-0.15, -0.1) is 0 Å². The summed E-state index contributed by atoms with van der Waals surface area (Å²) < 4.78 is 25.7. The molecule has 6 heteroatoms. The Morgan fingerprint density at radius 3 is 1.79 bits per heavy atom. The van der Waals surface area contributed by atoms with E-state index in [1.807, 2.05) is 102 Å². The van der Waals surface area contributed by atoms with Crippen molar-refractivity contribution in [2.24, 2.45) is 0 Å². The molecule has 0 heterocycles. The van der Waals surface area contributed by atoms with Gasteiger partial charge in [0.25, 0.3) is 0 Å². The maximum atomic E-state index is 13.9. The zero-order chi connectivity index (χ0) is 20.9. The van der Waals surface area contributed by atoms with Gasteiger partial charge in [-0.2, -0.15) is 0 Å². The Labute approximate surface area is 169 Å². The second-order valence-electron chi connectivity index (χ2n) is 7.75. The molecule has 0 aliphatic heterocycles. The Morgan fingerprint density at radius 1 is 0.857 bits per heavy atom. The fraction of sp³-hybridized carbons (Fsp3) is 0.455. The average Bonchev–Trinajstić information content (AvgIpc) is 2.59. The third-order valence-electron chi connectivity index (χ3n) is 4.11. The SMILES string of the molecule is Cc1ccc(NC(c2ccc(N(C)C)cc2)P(=O)(OC(C)C)OC(C)C)cc1. The lowest BCUT2D eigenvalue weighted by Gasteiger charge is -2.31. The predicted octanol–water partition coefficient (Wildman–Crippen LogP) is 6.21. The zero-order valence-electron chi connectivity index (χ0n) is 18.0. The van der Waals surface area contributed by atoms with Gasteiger partial charge in [-0.25, -0.2) is 0 Å². The van der Waals surface area contributed by atoms with Crippen LogP contribution in [0.3, 0.4) is 0 Å². The van der Waals surface area contributed by atoms with Crippen molar-refractivity contribution in [2.75, 3.05) is 24.3 Å². The molecule has 0 aromatic heterocycles. The molecule has 1 atom stereocenters. The van der Waals surface area contributed by atoms with Crippen molar-refractivity contribution >= 4 is 19.0 Å². The fourth-order valence-corrected chi connectivity index (χ4v) is 5.15. The molecule has 0 fully saturated rings. The summed E-state index contributed by atoms with van der Waals surface area (Å²) in [4.78, 5) is 2.03. The molecule has 0 bridgehead atoms. The molecule has 0 amide bonds. The van der Waals surface area contributed by atoms with E-state index in [0.717, 1.165) is 22.5 Å². The lowest BCUT2D eigenvalue weighted by molar-refractivity contribution is 0.138. The smallest absolute Gasteiger partial charge is 0.357 e. The van der Waals surface area contributed by atoms with Gasteiger partial charge in [0.1, 0.15) is 0 Å². The Morgan fingerprint density at radius 2 is 1.36 bits per heavy atom. The van der Waals surface area contributed by atoms with Crippen LogP contribution >= 0.6 is 7.60 Å². The summed E-state index contributed by atoms with van der Waals surface area (Å²) in [6, 6.07) is 16.0. The van der Waals surface area contributed by atoms with Crippen LogP contribution in [0.15, 0.2) is 48.5 Å². The molecule has 0 spiro atoms. The molecule has 1 unspecified atom stereocenters. The lowest BCUT2D eigenvalue weighted by Crippen LogP contribution is -2.19. The number of hydrogen-bond donors (Lipinski definition) is 1. The summed E-state index contributed by atoms with van der Waals surface area (Å²) in [6.45, 7) is 9.52. The van der Waals surface area contributed by atoms with Gasteiger partial charge < -0.3 is 19.3 Å². The Kier molecular flexibility index (Phi) is 7.70. The van der Waals surface area contributed by atoms with E-state index < -0.39 is 13.4 Å². The minimum atomic E-state index is -3.50. The van der Waals surface area contributed by atoms with Gasteiger partial charge in [-0.3, -0.25) is 4.57 Å². The first-order valence-electron chi connectivity index (χ1n) is 9.67. The van der Waals surface area contributed by atoms with E-state index in [1.54, 1.807) is 0 Å². The lowest BCUT2D eigenvalue weighted by atomic mass is 10.2. The van der Waals surface area contributed by atoms with E-state index in [2.05, 4.69) is 5.32 Å². The summed E-state index contributed by atoms with van der Waals surface area (Å²) in [7, 11) is 0.479. The Balaban J connectivity index is 2.48. The third kappa shape index (κ3) is 6.10. The molecule has 1 N–H and O–H groups in total. The highest BCUT2D eigenvalue weighted by Crippen LogP contribution is 2.62. The molecule has 0 aliphatic carbocycles. The van der Waals surface area contributed by atoms with Crippen molar-refractivity contribution in [1.82, 2.24) is 0 Å². The van der Waals surface area contributed by atoms with Crippen LogP contribution in [0.1, 0.15) is 44.6 Å². The van der Waals surface area contributed by atoms with Gasteiger partial charge in [-0.05, 0) is 64.4 Å². The van der Waals surface area contributed by atoms with Gasteiger partial charge in [0, 0.05) is 25.5 Å². The third-order valence-corrected chi connectivity index (χ3v) is 6.60. The van der Waals surface area contributed by atoms with Crippen molar-refractivity contribution in [3.8, 4) is 0 Å². The van der Waals surface area contributed by atoms with Gasteiger partial charge in [0.15, 0.2) is 5.78 Å². The van der Waals surface area contributed by atoms with Crippen molar-refractivity contribution < 1.29 is 13.6 Å². The molecule has 2 aromatic carbocycles. The van der Waals surface area contributed by atoms with Crippen LogP contribution in [0.5, 0.6) is 0 Å². The van der Waals surface area contributed by atoms with Crippen LogP contribution in [0.4, 0.5) is 11.4 Å². The van der Waals surface area contributed by atoms with Gasteiger partial charge in [-0.1, -0.05) is 29.8 Å². The van der Waals surface area contributed by atoms with E-state index in [1.165, 1.54) is 0 Å². The molecule has 2 aromatic rings. The highest BCUT2D eigenvalue weighted by Gasteiger charge is 2.39. The summed E-state index contributed by atoms with van der Waals surface area (Å²) in [5.74, 6) is -0.615. The van der Waals surface area contributed by atoms with E-state index >= 15 is 0 Å². The van der Waals surface area contributed by atoms with Gasteiger partial charge in [0.2, 0.25) is 0 Å². The number of nitrogens with zero attached hydrogens (tertiary/aromatic N) is 1. The molecule has 0 saturated carbocycles.